The molecule has 3 N–H and O–H groups in total. The summed E-state index contributed by atoms with van der Waals surface area (Å²) in [4.78, 5) is 24.2. The van der Waals surface area contributed by atoms with E-state index in [1.165, 1.54) is 0 Å². The Hall–Kier alpha value is -4.00. The smallest absolute Gasteiger partial charge is 0.251 e. The summed E-state index contributed by atoms with van der Waals surface area (Å²) >= 11 is 0. The third-order valence-electron chi connectivity index (χ3n) is 4.42. The minimum atomic E-state index is -0.212. The molecule has 2 amide bonds. The van der Waals surface area contributed by atoms with E-state index in [1.54, 1.807) is 24.3 Å². The number of anilines is 2. The zero-order chi connectivity index (χ0) is 22.6. The number of amides is 2. The quantitative estimate of drug-likeness (QED) is 0.399. The Balaban J connectivity index is 1.39. The first-order valence-electron chi connectivity index (χ1n) is 10.5. The molecule has 0 fully saturated rings. The van der Waals surface area contributed by atoms with Crippen LogP contribution in [0.15, 0.2) is 78.9 Å². The van der Waals surface area contributed by atoms with Gasteiger partial charge in [0.25, 0.3) is 5.91 Å². The van der Waals surface area contributed by atoms with Crippen molar-refractivity contribution in [1.29, 1.82) is 0 Å². The molecule has 0 aliphatic rings. The summed E-state index contributed by atoms with van der Waals surface area (Å²) < 4.78 is 11.3. The summed E-state index contributed by atoms with van der Waals surface area (Å²) in [6.07, 6.45) is 0. The third kappa shape index (κ3) is 7.36. The van der Waals surface area contributed by atoms with Gasteiger partial charge in [0, 0.05) is 23.5 Å². The van der Waals surface area contributed by atoms with E-state index in [-0.39, 0.29) is 18.4 Å². The number of carbonyl (C=O) groups is 2. The van der Waals surface area contributed by atoms with Crippen molar-refractivity contribution in [3.63, 3.8) is 0 Å². The molecule has 3 aromatic carbocycles. The molecule has 166 valence electrons. The summed E-state index contributed by atoms with van der Waals surface area (Å²) in [5.74, 6) is 1.15. The highest BCUT2D eigenvalue weighted by Crippen LogP contribution is 2.16. The molecule has 0 saturated carbocycles. The molecule has 7 nitrogen and oxygen atoms in total. The van der Waals surface area contributed by atoms with Crippen molar-refractivity contribution in [3.05, 3.63) is 84.4 Å². The lowest BCUT2D eigenvalue weighted by molar-refractivity contribution is -0.114. The molecule has 7 heteroatoms. The minimum Gasteiger partial charge on any atom is -0.490 e. The van der Waals surface area contributed by atoms with Gasteiger partial charge in [0.15, 0.2) is 0 Å². The van der Waals surface area contributed by atoms with Gasteiger partial charge in [-0.05, 0) is 61.5 Å². The maximum Gasteiger partial charge on any atom is 0.251 e. The van der Waals surface area contributed by atoms with Crippen LogP contribution in [0.5, 0.6) is 11.5 Å². The predicted molar refractivity (Wildman–Crippen MR) is 125 cm³/mol. The van der Waals surface area contributed by atoms with Crippen molar-refractivity contribution in [1.82, 2.24) is 5.32 Å². The van der Waals surface area contributed by atoms with Gasteiger partial charge in [0.1, 0.15) is 24.7 Å². The molecule has 0 aliphatic carbocycles. The van der Waals surface area contributed by atoms with Crippen LogP contribution < -0.4 is 25.4 Å². The Bertz CT molecular complexity index is 1010. The topological polar surface area (TPSA) is 88.7 Å². The fourth-order valence-corrected chi connectivity index (χ4v) is 2.89. The lowest BCUT2D eigenvalue weighted by Crippen LogP contribution is -2.24. The van der Waals surface area contributed by atoms with E-state index in [4.69, 9.17) is 9.47 Å². The molecule has 0 spiro atoms. The first-order chi connectivity index (χ1) is 15.6. The number of benzene rings is 3. The monoisotopic (exact) mass is 433 g/mol. The van der Waals surface area contributed by atoms with Crippen molar-refractivity contribution < 1.29 is 19.1 Å². The van der Waals surface area contributed by atoms with E-state index in [0.29, 0.717) is 31.0 Å². The molecular weight excluding hydrogens is 406 g/mol. The first kappa shape index (κ1) is 22.7. The second kappa shape index (κ2) is 12.0. The molecule has 3 rings (SSSR count). The fourth-order valence-electron chi connectivity index (χ4n) is 2.89. The fraction of sp³-hybridized carbons (Fsp3) is 0.200. The van der Waals surface area contributed by atoms with E-state index in [0.717, 1.165) is 17.2 Å². The predicted octanol–water partition coefficient (Wildman–Crippen LogP) is 3.94. The number of ether oxygens (including phenoxy) is 2. The van der Waals surface area contributed by atoms with Crippen molar-refractivity contribution >= 4 is 23.2 Å². The van der Waals surface area contributed by atoms with Gasteiger partial charge in [-0.2, -0.15) is 0 Å². The first-order valence-corrected chi connectivity index (χ1v) is 10.5. The molecule has 0 atom stereocenters. The van der Waals surface area contributed by atoms with E-state index in [2.05, 4.69) is 16.0 Å². The minimum absolute atomic E-state index is 0.0938. The average molecular weight is 434 g/mol. The highest BCUT2D eigenvalue weighted by atomic mass is 16.5. The normalized spacial score (nSPS) is 10.2. The van der Waals surface area contributed by atoms with Gasteiger partial charge in [-0.25, -0.2) is 0 Å². The van der Waals surface area contributed by atoms with Gasteiger partial charge in [0.05, 0.1) is 6.54 Å². The Labute approximate surface area is 187 Å². The lowest BCUT2D eigenvalue weighted by Gasteiger charge is -2.11. The largest absolute Gasteiger partial charge is 0.490 e. The number of hydrogen-bond acceptors (Lipinski definition) is 5. The van der Waals surface area contributed by atoms with E-state index >= 15 is 0 Å². The lowest BCUT2D eigenvalue weighted by atomic mass is 10.2. The zero-order valence-electron chi connectivity index (χ0n) is 18.0. The van der Waals surface area contributed by atoms with Gasteiger partial charge in [-0.3, -0.25) is 9.59 Å². The number of rotatable bonds is 11. The number of carbonyl (C=O) groups excluding carboxylic acids is 2. The van der Waals surface area contributed by atoms with Gasteiger partial charge < -0.3 is 25.4 Å². The maximum absolute atomic E-state index is 12.2. The van der Waals surface area contributed by atoms with Crippen LogP contribution in [0.4, 0.5) is 11.4 Å². The Morgan fingerprint density at radius 2 is 1.47 bits per heavy atom. The number of nitrogens with one attached hydrogen (secondary N) is 3. The van der Waals surface area contributed by atoms with Crippen LogP contribution in [0.2, 0.25) is 0 Å². The van der Waals surface area contributed by atoms with E-state index in [1.807, 2.05) is 61.5 Å². The van der Waals surface area contributed by atoms with Crippen LogP contribution >= 0.6 is 0 Å². The summed E-state index contributed by atoms with van der Waals surface area (Å²) in [5, 5.41) is 8.59. The summed E-state index contributed by atoms with van der Waals surface area (Å²) in [7, 11) is 0. The van der Waals surface area contributed by atoms with Crippen LogP contribution in [0, 0.1) is 0 Å². The Kier molecular flexibility index (Phi) is 8.50. The van der Waals surface area contributed by atoms with Crippen LogP contribution in [-0.2, 0) is 4.79 Å². The summed E-state index contributed by atoms with van der Waals surface area (Å²) in [6, 6.07) is 23.8. The molecule has 32 heavy (non-hydrogen) atoms. The zero-order valence-corrected chi connectivity index (χ0v) is 18.0. The van der Waals surface area contributed by atoms with Crippen LogP contribution in [-0.4, -0.2) is 38.1 Å². The summed E-state index contributed by atoms with van der Waals surface area (Å²) in [5.41, 5.74) is 1.87. The van der Waals surface area contributed by atoms with Gasteiger partial charge in [0.2, 0.25) is 5.91 Å². The van der Waals surface area contributed by atoms with Gasteiger partial charge >= 0.3 is 0 Å². The number of hydrogen-bond donors (Lipinski definition) is 3. The Morgan fingerprint density at radius 3 is 2.16 bits per heavy atom. The van der Waals surface area contributed by atoms with Gasteiger partial charge in [-0.1, -0.05) is 24.3 Å². The van der Waals surface area contributed by atoms with Gasteiger partial charge in [-0.15, -0.1) is 0 Å². The number of para-hydroxylation sites is 1. The van der Waals surface area contributed by atoms with E-state index in [9.17, 15) is 9.59 Å². The molecule has 0 bridgehead atoms. The molecule has 0 radical (unpaired) electrons. The van der Waals surface area contributed by atoms with Crippen LogP contribution in [0.3, 0.4) is 0 Å². The second-order valence-corrected chi connectivity index (χ2v) is 6.88. The molecule has 0 aromatic heterocycles. The standard InChI is InChI=1S/C25H27N3O4/c1-2-26-25(30)19-7-6-8-21(17-19)28-24(29)18-27-20-11-13-23(14-12-20)32-16-15-31-22-9-4-3-5-10-22/h3-14,17,27H,2,15-16,18H2,1H3,(H,26,30)(H,28,29). The molecule has 0 heterocycles. The Morgan fingerprint density at radius 1 is 0.781 bits per heavy atom. The summed E-state index contributed by atoms with van der Waals surface area (Å²) in [6.45, 7) is 3.38. The molecular formula is C25H27N3O4. The molecule has 0 aliphatic heterocycles. The second-order valence-electron chi connectivity index (χ2n) is 6.88. The van der Waals surface area contributed by atoms with E-state index < -0.39 is 0 Å². The highest BCUT2D eigenvalue weighted by molar-refractivity contribution is 5.98. The van der Waals surface area contributed by atoms with Crippen LogP contribution in [0.25, 0.3) is 0 Å². The third-order valence-corrected chi connectivity index (χ3v) is 4.42. The van der Waals surface area contributed by atoms with Crippen molar-refractivity contribution in [2.75, 3.05) is 36.9 Å². The van der Waals surface area contributed by atoms with Crippen molar-refractivity contribution in [2.45, 2.75) is 6.92 Å². The SMILES string of the molecule is CCNC(=O)c1cccc(NC(=O)CNc2ccc(OCCOc3ccccc3)cc2)c1. The highest BCUT2D eigenvalue weighted by Gasteiger charge is 2.07. The van der Waals surface area contributed by atoms with Crippen molar-refractivity contribution in [2.24, 2.45) is 0 Å². The average Bonchev–Trinajstić information content (AvgIpc) is 2.82. The van der Waals surface area contributed by atoms with Crippen molar-refractivity contribution in [3.8, 4) is 11.5 Å². The van der Waals surface area contributed by atoms with Crippen LogP contribution in [0.1, 0.15) is 17.3 Å². The molecule has 0 unspecified atom stereocenters. The molecule has 3 aromatic rings. The maximum atomic E-state index is 12.2. The molecule has 0 saturated heterocycles.